The molecule has 9 heteroatoms. The summed E-state index contributed by atoms with van der Waals surface area (Å²) in [4.78, 5) is 31.7. The lowest BCUT2D eigenvalue weighted by molar-refractivity contribution is 0.0617. The number of amides is 1. The Labute approximate surface area is 160 Å². The van der Waals surface area contributed by atoms with Crippen LogP contribution in [0.25, 0.3) is 0 Å². The fraction of sp³-hybridized carbons (Fsp3) is 0.263. The molecule has 4 rings (SSSR count). The molecular weight excluding hydrogens is 362 g/mol. The topological polar surface area (TPSA) is 105 Å². The first-order valence-corrected chi connectivity index (χ1v) is 8.92. The number of hydrogen-bond acceptors (Lipinski definition) is 7. The quantitative estimate of drug-likeness (QED) is 0.714. The summed E-state index contributed by atoms with van der Waals surface area (Å²) >= 11 is 0. The maximum absolute atomic E-state index is 12.7. The van der Waals surface area contributed by atoms with Gasteiger partial charge in [-0.1, -0.05) is 6.07 Å². The maximum Gasteiger partial charge on any atom is 0.434 e. The van der Waals surface area contributed by atoms with Crippen LogP contribution >= 0.6 is 0 Å². The minimum absolute atomic E-state index is 0.0182. The Morgan fingerprint density at radius 3 is 2.54 bits per heavy atom. The molecule has 9 nitrogen and oxygen atoms in total. The second-order valence-electron chi connectivity index (χ2n) is 6.37. The fourth-order valence-electron chi connectivity index (χ4n) is 3.00. The number of aromatic nitrogens is 3. The Balaban J connectivity index is 1.31. The summed E-state index contributed by atoms with van der Waals surface area (Å²) in [5.74, 6) is 0.911. The molecule has 1 amide bonds. The summed E-state index contributed by atoms with van der Waals surface area (Å²) in [6.45, 7) is 3.01. The van der Waals surface area contributed by atoms with Crippen LogP contribution < -0.4 is 10.5 Å². The molecule has 1 aromatic carbocycles. The zero-order valence-electron chi connectivity index (χ0n) is 15.1. The molecule has 0 radical (unpaired) electrons. The third-order valence-electron chi connectivity index (χ3n) is 4.46. The number of pyridine rings is 1. The minimum atomic E-state index is -0.556. The van der Waals surface area contributed by atoms with Gasteiger partial charge >= 0.3 is 5.76 Å². The van der Waals surface area contributed by atoms with Gasteiger partial charge in [-0.15, -0.1) is 5.10 Å². The highest BCUT2D eigenvalue weighted by Crippen LogP contribution is 2.20. The number of rotatable bonds is 5. The van der Waals surface area contributed by atoms with Crippen LogP contribution in [0.15, 0.2) is 57.9 Å². The van der Waals surface area contributed by atoms with Crippen molar-refractivity contribution in [3.63, 3.8) is 0 Å². The molecule has 1 aliphatic rings. The summed E-state index contributed by atoms with van der Waals surface area (Å²) in [5.41, 5.74) is 0.611. The van der Waals surface area contributed by atoms with E-state index >= 15 is 0 Å². The highest BCUT2D eigenvalue weighted by molar-refractivity contribution is 5.94. The lowest BCUT2D eigenvalue weighted by Gasteiger charge is -2.34. The van der Waals surface area contributed by atoms with E-state index in [0.29, 0.717) is 55.8 Å². The first-order valence-electron chi connectivity index (χ1n) is 8.92. The number of benzene rings is 1. The average molecular weight is 381 g/mol. The molecule has 0 bridgehead atoms. The van der Waals surface area contributed by atoms with Gasteiger partial charge in [-0.05, 0) is 30.3 Å². The molecule has 3 heterocycles. The number of carbonyl (C=O) groups is 1. The van der Waals surface area contributed by atoms with Crippen LogP contribution in [0.2, 0.25) is 0 Å². The molecule has 0 unspecified atom stereocenters. The highest BCUT2D eigenvalue weighted by atomic mass is 16.5. The Morgan fingerprint density at radius 2 is 1.89 bits per heavy atom. The summed E-state index contributed by atoms with van der Waals surface area (Å²) in [6.07, 6.45) is 1.66. The van der Waals surface area contributed by atoms with Gasteiger partial charge in [-0.2, -0.15) is 0 Å². The van der Waals surface area contributed by atoms with Gasteiger partial charge in [0.05, 0.1) is 6.54 Å². The Kier molecular flexibility index (Phi) is 5.16. The average Bonchev–Trinajstić information content (AvgIpc) is 3.14. The molecule has 28 heavy (non-hydrogen) atoms. The van der Waals surface area contributed by atoms with Gasteiger partial charge in [0.25, 0.3) is 5.91 Å². The molecule has 1 fully saturated rings. The second-order valence-corrected chi connectivity index (χ2v) is 6.37. The third-order valence-corrected chi connectivity index (χ3v) is 4.46. The summed E-state index contributed by atoms with van der Waals surface area (Å²) in [5, 5.41) is 6.06. The predicted molar refractivity (Wildman–Crippen MR) is 99.1 cm³/mol. The van der Waals surface area contributed by atoms with E-state index in [9.17, 15) is 9.59 Å². The normalized spacial score (nSPS) is 14.8. The van der Waals surface area contributed by atoms with E-state index in [-0.39, 0.29) is 5.91 Å². The zero-order valence-corrected chi connectivity index (χ0v) is 15.1. The van der Waals surface area contributed by atoms with Crippen molar-refractivity contribution in [3.8, 4) is 11.6 Å². The molecule has 3 aromatic rings. The van der Waals surface area contributed by atoms with Crippen LogP contribution in [-0.2, 0) is 6.54 Å². The van der Waals surface area contributed by atoms with Crippen LogP contribution in [-0.4, -0.2) is 57.1 Å². The number of aromatic amines is 1. The van der Waals surface area contributed by atoms with E-state index in [1.165, 1.54) is 0 Å². The molecule has 2 aromatic heterocycles. The van der Waals surface area contributed by atoms with Crippen molar-refractivity contribution in [2.75, 3.05) is 26.2 Å². The number of piperazine rings is 1. The van der Waals surface area contributed by atoms with E-state index in [1.54, 1.807) is 36.5 Å². The molecule has 0 spiro atoms. The van der Waals surface area contributed by atoms with Crippen LogP contribution in [0.3, 0.4) is 0 Å². The highest BCUT2D eigenvalue weighted by Gasteiger charge is 2.23. The van der Waals surface area contributed by atoms with Gasteiger partial charge in [0.2, 0.25) is 11.8 Å². The monoisotopic (exact) mass is 381 g/mol. The van der Waals surface area contributed by atoms with E-state index in [2.05, 4.69) is 20.1 Å². The molecule has 0 saturated carbocycles. The number of H-pyrrole nitrogens is 1. The smallest absolute Gasteiger partial charge is 0.434 e. The summed E-state index contributed by atoms with van der Waals surface area (Å²) in [6, 6.07) is 12.5. The van der Waals surface area contributed by atoms with Gasteiger partial charge in [-0.3, -0.25) is 9.69 Å². The van der Waals surface area contributed by atoms with Crippen molar-refractivity contribution >= 4 is 5.91 Å². The SMILES string of the molecule is O=C(c1ccc(Oc2ccccn2)cc1)N1CCN(Cc2n[nH]c(=O)o2)CC1. The third kappa shape index (κ3) is 4.26. The lowest BCUT2D eigenvalue weighted by Crippen LogP contribution is -2.48. The summed E-state index contributed by atoms with van der Waals surface area (Å²) in [7, 11) is 0. The van der Waals surface area contributed by atoms with Gasteiger partial charge in [0, 0.05) is 44.0 Å². The first kappa shape index (κ1) is 17.9. The molecule has 1 saturated heterocycles. The zero-order chi connectivity index (χ0) is 19.3. The number of hydrogen-bond donors (Lipinski definition) is 1. The summed E-state index contributed by atoms with van der Waals surface area (Å²) < 4.78 is 10.6. The molecule has 1 N–H and O–H groups in total. The fourth-order valence-corrected chi connectivity index (χ4v) is 3.00. The van der Waals surface area contributed by atoms with Gasteiger partial charge in [0.1, 0.15) is 5.75 Å². The Morgan fingerprint density at radius 1 is 1.11 bits per heavy atom. The maximum atomic E-state index is 12.7. The van der Waals surface area contributed by atoms with Gasteiger partial charge < -0.3 is 14.1 Å². The Bertz CT molecular complexity index is 975. The van der Waals surface area contributed by atoms with Gasteiger partial charge in [0.15, 0.2) is 0 Å². The van der Waals surface area contributed by atoms with Crippen molar-refractivity contribution in [1.82, 2.24) is 25.0 Å². The lowest BCUT2D eigenvalue weighted by atomic mass is 10.1. The first-order chi connectivity index (χ1) is 13.7. The van der Waals surface area contributed by atoms with E-state index in [0.717, 1.165) is 0 Å². The van der Waals surface area contributed by atoms with E-state index in [4.69, 9.17) is 9.15 Å². The van der Waals surface area contributed by atoms with Crippen LogP contribution in [0.4, 0.5) is 0 Å². The van der Waals surface area contributed by atoms with Crippen molar-refractivity contribution in [1.29, 1.82) is 0 Å². The Hall–Kier alpha value is -3.46. The number of nitrogens with zero attached hydrogens (tertiary/aromatic N) is 4. The van der Waals surface area contributed by atoms with Crippen molar-refractivity contribution in [3.05, 3.63) is 70.7 Å². The van der Waals surface area contributed by atoms with E-state index in [1.807, 2.05) is 17.0 Å². The van der Waals surface area contributed by atoms with Crippen LogP contribution in [0.5, 0.6) is 11.6 Å². The van der Waals surface area contributed by atoms with Crippen molar-refractivity contribution < 1.29 is 13.9 Å². The molecule has 0 aliphatic carbocycles. The van der Waals surface area contributed by atoms with Crippen LogP contribution in [0, 0.1) is 0 Å². The second kappa shape index (κ2) is 8.05. The number of ether oxygens (including phenoxy) is 1. The minimum Gasteiger partial charge on any atom is -0.439 e. The van der Waals surface area contributed by atoms with Crippen LogP contribution in [0.1, 0.15) is 16.2 Å². The molecular formula is C19H19N5O4. The predicted octanol–water partition coefficient (Wildman–Crippen LogP) is 1.51. The largest absolute Gasteiger partial charge is 0.439 e. The molecule has 0 atom stereocenters. The van der Waals surface area contributed by atoms with E-state index < -0.39 is 5.76 Å². The number of carbonyl (C=O) groups excluding carboxylic acids is 1. The molecule has 144 valence electrons. The molecule has 1 aliphatic heterocycles. The van der Waals surface area contributed by atoms with Crippen molar-refractivity contribution in [2.24, 2.45) is 0 Å². The van der Waals surface area contributed by atoms with Crippen molar-refractivity contribution in [2.45, 2.75) is 6.54 Å². The standard InChI is InChI=1S/C19H19N5O4/c25-18(14-4-6-15(7-5-14)27-16-3-1-2-8-20-16)24-11-9-23(10-12-24)13-17-21-22-19(26)28-17/h1-8H,9-13H2,(H,22,26). The number of nitrogens with one attached hydrogen (secondary N) is 1. The van der Waals surface area contributed by atoms with Gasteiger partial charge in [-0.25, -0.2) is 14.9 Å².